The van der Waals surface area contributed by atoms with Gasteiger partial charge < -0.3 is 24.2 Å². The second kappa shape index (κ2) is 12.1. The number of piperazine rings is 1. The van der Waals surface area contributed by atoms with Crippen molar-refractivity contribution in [2.45, 2.75) is 57.7 Å². The summed E-state index contributed by atoms with van der Waals surface area (Å²) in [6.07, 6.45) is 3.36. The summed E-state index contributed by atoms with van der Waals surface area (Å²) in [6.45, 7) is 7.84. The van der Waals surface area contributed by atoms with Crippen LogP contribution in [0.25, 0.3) is 32.2 Å². The van der Waals surface area contributed by atoms with E-state index in [1.807, 2.05) is 55.3 Å². The molecule has 3 aromatic heterocycles. The summed E-state index contributed by atoms with van der Waals surface area (Å²) in [5.41, 5.74) is 0.373. The number of nitrogens with zero attached hydrogens (tertiary/aromatic N) is 7. The number of hydrogen-bond acceptors (Lipinski definition) is 10. The highest BCUT2D eigenvalue weighted by molar-refractivity contribution is 7.17. The molecule has 0 unspecified atom stereocenters. The van der Waals surface area contributed by atoms with Gasteiger partial charge in [0.1, 0.15) is 29.2 Å². The van der Waals surface area contributed by atoms with Crippen LogP contribution in [0.1, 0.15) is 40.0 Å². The third-order valence-corrected chi connectivity index (χ3v) is 9.15. The summed E-state index contributed by atoms with van der Waals surface area (Å²) in [4.78, 5) is 32.8. The molecule has 1 amide bonds. The molecule has 10 nitrogen and oxygen atoms in total. The fourth-order valence-electron chi connectivity index (χ4n) is 5.94. The van der Waals surface area contributed by atoms with Gasteiger partial charge in [0, 0.05) is 42.1 Å². The van der Waals surface area contributed by atoms with Crippen molar-refractivity contribution in [3.05, 3.63) is 41.7 Å². The third-order valence-electron chi connectivity index (χ3n) is 8.19. The molecule has 2 aliphatic heterocycles. The number of halogens is 1. The van der Waals surface area contributed by atoms with Gasteiger partial charge in [0.05, 0.1) is 23.9 Å². The number of carbonyl (C=O) groups is 1. The number of hydrogen-bond donors (Lipinski definition) is 0. The van der Waals surface area contributed by atoms with E-state index in [2.05, 4.69) is 28.0 Å². The number of carbonyl (C=O) groups excluding carboxylic acids is 1. The largest absolute Gasteiger partial charge is 0.462 e. The molecule has 0 radical (unpaired) electrons. The van der Waals surface area contributed by atoms with Crippen molar-refractivity contribution in [2.75, 3.05) is 44.7 Å². The van der Waals surface area contributed by atoms with Crippen molar-refractivity contribution < 1.29 is 18.7 Å². The highest BCUT2D eigenvalue weighted by Gasteiger charge is 2.35. The summed E-state index contributed by atoms with van der Waals surface area (Å²) in [5, 5.41) is 13.0. The zero-order valence-electron chi connectivity index (χ0n) is 25.4. The van der Waals surface area contributed by atoms with Gasteiger partial charge >= 0.3 is 12.1 Å². The van der Waals surface area contributed by atoms with Gasteiger partial charge in [0.25, 0.3) is 0 Å². The van der Waals surface area contributed by atoms with Crippen molar-refractivity contribution in [3.63, 3.8) is 0 Å². The highest BCUT2D eigenvalue weighted by atomic mass is 32.1. The fourth-order valence-corrected chi connectivity index (χ4v) is 6.86. The molecule has 4 aromatic rings. The van der Waals surface area contributed by atoms with E-state index < -0.39 is 23.6 Å². The number of aromatic nitrogens is 3. The number of benzene rings is 1. The van der Waals surface area contributed by atoms with E-state index in [0.717, 1.165) is 29.5 Å². The van der Waals surface area contributed by atoms with Crippen molar-refractivity contribution in [1.29, 1.82) is 5.26 Å². The van der Waals surface area contributed by atoms with Gasteiger partial charge in [-0.15, -0.1) is 11.3 Å². The number of rotatable bonds is 6. The molecule has 2 fully saturated rings. The molecule has 0 spiro atoms. The molecule has 0 saturated carbocycles. The van der Waals surface area contributed by atoms with Crippen molar-refractivity contribution in [2.24, 2.45) is 0 Å². The Morgan fingerprint density at radius 1 is 1.18 bits per heavy atom. The second-order valence-corrected chi connectivity index (χ2v) is 13.3. The summed E-state index contributed by atoms with van der Waals surface area (Å²) in [7, 11) is 2.07. The van der Waals surface area contributed by atoms with Crippen molar-refractivity contribution in [3.8, 4) is 23.3 Å². The molecule has 0 aliphatic carbocycles. The lowest BCUT2D eigenvalue weighted by Gasteiger charge is -2.41. The maximum atomic E-state index is 16.5. The predicted molar refractivity (Wildman–Crippen MR) is 168 cm³/mol. The van der Waals surface area contributed by atoms with Gasteiger partial charge in [-0.25, -0.2) is 9.18 Å². The number of amides is 1. The van der Waals surface area contributed by atoms with Crippen LogP contribution in [0.3, 0.4) is 0 Å². The van der Waals surface area contributed by atoms with Crippen molar-refractivity contribution >= 4 is 44.2 Å². The minimum atomic E-state index is -0.664. The molecule has 0 bridgehead atoms. The first-order valence-corrected chi connectivity index (χ1v) is 15.8. The molecule has 12 heteroatoms. The molecule has 1 aromatic carbocycles. The number of fused-ring (bicyclic) bond motifs is 2. The quantitative estimate of drug-likeness (QED) is 0.263. The first-order chi connectivity index (χ1) is 21.1. The van der Waals surface area contributed by atoms with Crippen LogP contribution in [-0.4, -0.2) is 88.4 Å². The molecular formula is C32H36FN7O3S. The van der Waals surface area contributed by atoms with Crippen LogP contribution in [-0.2, 0) is 4.74 Å². The third kappa shape index (κ3) is 5.99. The number of anilines is 1. The van der Waals surface area contributed by atoms with Gasteiger partial charge in [0.2, 0.25) is 0 Å². The number of likely N-dealkylation sites (N-methyl/N-ethyl adjacent to an activating group) is 1. The molecule has 5 heterocycles. The van der Waals surface area contributed by atoms with Gasteiger partial charge in [-0.2, -0.15) is 15.2 Å². The Kier molecular flexibility index (Phi) is 8.26. The predicted octanol–water partition coefficient (Wildman–Crippen LogP) is 5.86. The Hall–Kier alpha value is -4.08. The number of ether oxygens (including phenoxy) is 2. The van der Waals surface area contributed by atoms with Crippen LogP contribution in [0.15, 0.2) is 35.8 Å². The van der Waals surface area contributed by atoms with Gasteiger partial charge in [-0.3, -0.25) is 4.98 Å². The van der Waals surface area contributed by atoms with Crippen LogP contribution in [0.4, 0.5) is 15.0 Å². The minimum Gasteiger partial charge on any atom is -0.462 e. The van der Waals surface area contributed by atoms with Crippen LogP contribution >= 0.6 is 11.3 Å². The molecule has 2 aliphatic rings. The minimum absolute atomic E-state index is 0.0876. The Bertz CT molecular complexity index is 1730. The van der Waals surface area contributed by atoms with Crippen molar-refractivity contribution in [1.82, 2.24) is 24.8 Å². The highest BCUT2D eigenvalue weighted by Crippen LogP contribution is 2.37. The first-order valence-electron chi connectivity index (χ1n) is 14.9. The van der Waals surface area contributed by atoms with Gasteiger partial charge in [-0.1, -0.05) is 18.2 Å². The van der Waals surface area contributed by atoms with Crippen LogP contribution in [0, 0.1) is 17.1 Å². The molecule has 230 valence electrons. The maximum Gasteiger partial charge on any atom is 0.410 e. The van der Waals surface area contributed by atoms with E-state index in [4.69, 9.17) is 14.5 Å². The Labute approximate surface area is 260 Å². The molecule has 2 atom stereocenters. The summed E-state index contributed by atoms with van der Waals surface area (Å²) in [5.74, 6) is -0.0836. The van der Waals surface area contributed by atoms with E-state index in [9.17, 15) is 10.1 Å². The topological polar surface area (TPSA) is 108 Å². The number of thiophene rings is 1. The van der Waals surface area contributed by atoms with Gasteiger partial charge in [-0.05, 0) is 64.0 Å². The fraction of sp³-hybridized carbons (Fsp3) is 0.469. The number of pyridine rings is 1. The summed E-state index contributed by atoms with van der Waals surface area (Å²) in [6, 6.07) is 9.83. The smallest absolute Gasteiger partial charge is 0.410 e. The lowest BCUT2D eigenvalue weighted by Crippen LogP contribution is -2.56. The zero-order valence-corrected chi connectivity index (χ0v) is 26.2. The molecule has 2 saturated heterocycles. The summed E-state index contributed by atoms with van der Waals surface area (Å²) < 4.78 is 29.2. The molecular weight excluding hydrogens is 581 g/mol. The molecule has 0 N–H and O–H groups in total. The number of nitriles is 1. The SMILES string of the molecule is CN1CCC[C@H]1COc1nc(N2CCN(C(=O)OC(C)(C)C)[C@@H](CC#N)C2)c2cnc(-c3cccc4ccsc34)c(F)c2n1. The van der Waals surface area contributed by atoms with E-state index in [1.54, 1.807) is 11.1 Å². The Balaban J connectivity index is 1.40. The van der Waals surface area contributed by atoms with Crippen LogP contribution in [0.5, 0.6) is 6.01 Å². The molecule has 44 heavy (non-hydrogen) atoms. The summed E-state index contributed by atoms with van der Waals surface area (Å²) >= 11 is 1.54. The Morgan fingerprint density at radius 3 is 2.77 bits per heavy atom. The Morgan fingerprint density at radius 2 is 2.02 bits per heavy atom. The standard InChI is InChI=1S/C32H36FN7O3S/c1-32(2,3)43-31(41)40-15-14-39(18-21(40)10-12-34)29-24-17-35-26(23-9-5-7-20-11-16-44-28(20)23)25(33)27(24)36-30(37-29)42-19-22-8-6-13-38(22)4/h5,7,9,11,16-17,21-22H,6,8,10,13-15,18-19H2,1-4H3/t21-,22-/m0/s1. The van der Waals surface area contributed by atoms with Crippen LogP contribution < -0.4 is 9.64 Å². The van der Waals surface area contributed by atoms with Crippen LogP contribution in [0.2, 0.25) is 0 Å². The second-order valence-electron chi connectivity index (χ2n) is 12.4. The van der Waals surface area contributed by atoms with E-state index >= 15 is 4.39 Å². The number of likely N-dealkylation sites (tertiary alicyclic amines) is 1. The van der Waals surface area contributed by atoms with E-state index in [1.165, 1.54) is 11.3 Å². The average molecular weight is 618 g/mol. The molecule has 6 rings (SSSR count). The van der Waals surface area contributed by atoms with Gasteiger partial charge in [0.15, 0.2) is 5.82 Å². The lowest BCUT2D eigenvalue weighted by molar-refractivity contribution is 0.0145. The zero-order chi connectivity index (χ0) is 31.0. The maximum absolute atomic E-state index is 16.5. The first kappa shape index (κ1) is 30.0. The lowest BCUT2D eigenvalue weighted by atomic mass is 10.1. The van der Waals surface area contributed by atoms with E-state index in [0.29, 0.717) is 43.0 Å². The normalized spacial score (nSPS) is 19.5. The average Bonchev–Trinajstić information content (AvgIpc) is 3.64. The van der Waals surface area contributed by atoms with E-state index in [-0.39, 0.29) is 29.7 Å². The monoisotopic (exact) mass is 617 g/mol.